The molecule has 0 aromatic carbocycles. The van der Waals surface area contributed by atoms with Gasteiger partial charge in [0.25, 0.3) is 0 Å². The Hall–Kier alpha value is -0.610. The molecule has 0 radical (unpaired) electrons. The molecule has 1 aliphatic heterocycles. The average molecular weight is 200 g/mol. The van der Waals surface area contributed by atoms with E-state index in [1.54, 1.807) is 14.0 Å². The predicted molar refractivity (Wildman–Crippen MR) is 54.8 cm³/mol. The highest BCUT2D eigenvalue weighted by molar-refractivity contribution is 5.81. The summed E-state index contributed by atoms with van der Waals surface area (Å²) in [4.78, 5) is 13.5. The summed E-state index contributed by atoms with van der Waals surface area (Å²) in [5, 5.41) is 0. The van der Waals surface area contributed by atoms with E-state index in [0.29, 0.717) is 5.92 Å². The van der Waals surface area contributed by atoms with Gasteiger partial charge in [-0.3, -0.25) is 4.79 Å². The van der Waals surface area contributed by atoms with Crippen LogP contribution in [0.3, 0.4) is 0 Å². The fourth-order valence-electron chi connectivity index (χ4n) is 1.92. The fourth-order valence-corrected chi connectivity index (χ4v) is 1.92. The Morgan fingerprint density at radius 3 is 3.00 bits per heavy atom. The van der Waals surface area contributed by atoms with Crippen molar-refractivity contribution in [3.63, 3.8) is 0 Å². The minimum absolute atomic E-state index is 0.0609. The van der Waals surface area contributed by atoms with Crippen LogP contribution in [-0.2, 0) is 9.53 Å². The number of likely N-dealkylation sites (tertiary alicyclic amines) is 1. The third-order valence-corrected chi connectivity index (χ3v) is 2.62. The van der Waals surface area contributed by atoms with E-state index in [1.165, 1.54) is 0 Å². The number of carbonyl (C=O) groups is 1. The summed E-state index contributed by atoms with van der Waals surface area (Å²) in [7, 11) is 1.70. The van der Waals surface area contributed by atoms with Crippen LogP contribution < -0.4 is 5.73 Å². The maximum atomic E-state index is 11.6. The Morgan fingerprint density at radius 1 is 1.71 bits per heavy atom. The molecule has 1 fully saturated rings. The third-order valence-electron chi connectivity index (χ3n) is 2.62. The first-order chi connectivity index (χ1) is 6.65. The highest BCUT2D eigenvalue weighted by atomic mass is 16.5. The number of rotatable bonds is 3. The van der Waals surface area contributed by atoms with Crippen molar-refractivity contribution in [2.24, 2.45) is 11.7 Å². The Labute approximate surface area is 85.4 Å². The van der Waals surface area contributed by atoms with Crippen molar-refractivity contribution in [1.82, 2.24) is 4.90 Å². The summed E-state index contributed by atoms with van der Waals surface area (Å²) in [5.41, 5.74) is 5.56. The van der Waals surface area contributed by atoms with E-state index in [-0.39, 0.29) is 11.9 Å². The molecular formula is C10H20N2O2. The van der Waals surface area contributed by atoms with Crippen molar-refractivity contribution in [2.75, 3.05) is 26.8 Å². The number of nitrogens with zero attached hydrogens (tertiary/aromatic N) is 1. The summed E-state index contributed by atoms with van der Waals surface area (Å²) in [6.07, 6.45) is 2.21. The van der Waals surface area contributed by atoms with Crippen LogP contribution in [0.25, 0.3) is 0 Å². The van der Waals surface area contributed by atoms with Gasteiger partial charge >= 0.3 is 0 Å². The molecule has 1 amide bonds. The highest BCUT2D eigenvalue weighted by Gasteiger charge is 2.24. The van der Waals surface area contributed by atoms with E-state index in [2.05, 4.69) is 0 Å². The Bertz CT molecular complexity index is 193. The molecule has 2 N–H and O–H groups in total. The minimum atomic E-state index is -0.378. The highest BCUT2D eigenvalue weighted by Crippen LogP contribution is 2.16. The number of ether oxygens (including phenoxy) is 1. The van der Waals surface area contributed by atoms with E-state index in [4.69, 9.17) is 10.5 Å². The largest absolute Gasteiger partial charge is 0.384 e. The van der Waals surface area contributed by atoms with E-state index >= 15 is 0 Å². The summed E-state index contributed by atoms with van der Waals surface area (Å²) in [6, 6.07) is -0.378. The normalized spacial score (nSPS) is 24.8. The second-order valence-electron chi connectivity index (χ2n) is 4.04. The topological polar surface area (TPSA) is 55.6 Å². The van der Waals surface area contributed by atoms with Crippen LogP contribution in [0.4, 0.5) is 0 Å². The molecule has 1 saturated heterocycles. The minimum Gasteiger partial charge on any atom is -0.384 e. The van der Waals surface area contributed by atoms with Gasteiger partial charge < -0.3 is 15.4 Å². The van der Waals surface area contributed by atoms with E-state index in [9.17, 15) is 4.79 Å². The molecule has 82 valence electrons. The second-order valence-corrected chi connectivity index (χ2v) is 4.04. The van der Waals surface area contributed by atoms with Crippen molar-refractivity contribution in [1.29, 1.82) is 0 Å². The van der Waals surface area contributed by atoms with E-state index in [0.717, 1.165) is 32.5 Å². The van der Waals surface area contributed by atoms with E-state index in [1.807, 2.05) is 4.90 Å². The molecule has 2 atom stereocenters. The maximum Gasteiger partial charge on any atom is 0.239 e. The summed E-state index contributed by atoms with van der Waals surface area (Å²) < 4.78 is 5.10. The lowest BCUT2D eigenvalue weighted by Crippen LogP contribution is -2.47. The Morgan fingerprint density at radius 2 is 2.43 bits per heavy atom. The van der Waals surface area contributed by atoms with Gasteiger partial charge in [0.15, 0.2) is 0 Å². The van der Waals surface area contributed by atoms with Gasteiger partial charge in [0.1, 0.15) is 0 Å². The fraction of sp³-hybridized carbons (Fsp3) is 0.900. The van der Waals surface area contributed by atoms with Gasteiger partial charge in [-0.25, -0.2) is 0 Å². The van der Waals surface area contributed by atoms with Crippen LogP contribution in [0.15, 0.2) is 0 Å². The van der Waals surface area contributed by atoms with Gasteiger partial charge in [0, 0.05) is 20.2 Å². The molecule has 4 nitrogen and oxygen atoms in total. The van der Waals surface area contributed by atoms with Crippen molar-refractivity contribution >= 4 is 5.91 Å². The molecule has 0 unspecified atom stereocenters. The molecule has 1 rings (SSSR count). The summed E-state index contributed by atoms with van der Waals surface area (Å²) in [6.45, 7) is 4.12. The lowest BCUT2D eigenvalue weighted by atomic mass is 9.98. The first-order valence-corrected chi connectivity index (χ1v) is 5.18. The molecule has 14 heavy (non-hydrogen) atoms. The Balaban J connectivity index is 2.43. The molecule has 1 heterocycles. The number of hydrogen-bond acceptors (Lipinski definition) is 3. The van der Waals surface area contributed by atoms with Crippen LogP contribution in [0, 0.1) is 5.92 Å². The Kier molecular flexibility index (Phi) is 4.35. The first-order valence-electron chi connectivity index (χ1n) is 5.18. The summed E-state index contributed by atoms with van der Waals surface area (Å²) >= 11 is 0. The zero-order valence-electron chi connectivity index (χ0n) is 9.03. The van der Waals surface area contributed by atoms with Gasteiger partial charge in [-0.15, -0.1) is 0 Å². The standard InChI is InChI=1S/C10H20N2O2/c1-8(11)10(13)12-5-3-4-9(6-12)7-14-2/h8-9H,3-7,11H2,1-2H3/t8-,9-/m0/s1. The van der Waals surface area contributed by atoms with Crippen molar-refractivity contribution in [3.8, 4) is 0 Å². The smallest absolute Gasteiger partial charge is 0.239 e. The van der Waals surface area contributed by atoms with E-state index < -0.39 is 0 Å². The number of hydrogen-bond donors (Lipinski definition) is 1. The van der Waals surface area contributed by atoms with Crippen LogP contribution in [0.1, 0.15) is 19.8 Å². The maximum absolute atomic E-state index is 11.6. The lowest BCUT2D eigenvalue weighted by molar-refractivity contribution is -0.134. The zero-order chi connectivity index (χ0) is 10.6. The average Bonchev–Trinajstić information content (AvgIpc) is 2.17. The molecule has 0 aromatic heterocycles. The number of nitrogens with two attached hydrogens (primary N) is 1. The van der Waals surface area contributed by atoms with Crippen LogP contribution >= 0.6 is 0 Å². The predicted octanol–water partition coefficient (Wildman–Crippen LogP) is 0.219. The van der Waals surface area contributed by atoms with Crippen molar-refractivity contribution in [3.05, 3.63) is 0 Å². The molecule has 0 aromatic rings. The number of carbonyl (C=O) groups excluding carboxylic acids is 1. The SMILES string of the molecule is COC[C@H]1CCCN(C(=O)[C@H](C)N)C1. The quantitative estimate of drug-likeness (QED) is 0.709. The molecule has 1 aliphatic rings. The van der Waals surface area contributed by atoms with Gasteiger partial charge in [0.05, 0.1) is 12.6 Å². The van der Waals surface area contributed by atoms with Crippen molar-refractivity contribution in [2.45, 2.75) is 25.8 Å². The second kappa shape index (κ2) is 5.32. The lowest BCUT2D eigenvalue weighted by Gasteiger charge is -2.33. The van der Waals surface area contributed by atoms with Crippen molar-refractivity contribution < 1.29 is 9.53 Å². The number of piperidine rings is 1. The van der Waals surface area contributed by atoms with Gasteiger partial charge in [-0.05, 0) is 25.7 Å². The van der Waals surface area contributed by atoms with Crippen LogP contribution in [0.2, 0.25) is 0 Å². The van der Waals surface area contributed by atoms with Gasteiger partial charge in [-0.2, -0.15) is 0 Å². The monoisotopic (exact) mass is 200 g/mol. The molecular weight excluding hydrogens is 180 g/mol. The first kappa shape index (κ1) is 11.5. The van der Waals surface area contributed by atoms with Gasteiger partial charge in [-0.1, -0.05) is 0 Å². The number of methoxy groups -OCH3 is 1. The van der Waals surface area contributed by atoms with Gasteiger partial charge in [0.2, 0.25) is 5.91 Å². The summed E-state index contributed by atoms with van der Waals surface area (Å²) in [5.74, 6) is 0.544. The molecule has 0 saturated carbocycles. The molecule has 0 spiro atoms. The van der Waals surface area contributed by atoms with Crippen LogP contribution in [0.5, 0.6) is 0 Å². The third kappa shape index (κ3) is 2.96. The molecule has 4 heteroatoms. The van der Waals surface area contributed by atoms with Crippen LogP contribution in [-0.4, -0.2) is 43.7 Å². The zero-order valence-corrected chi connectivity index (χ0v) is 9.03. The molecule has 0 bridgehead atoms. The molecule has 0 aliphatic carbocycles. The number of amides is 1.